The van der Waals surface area contributed by atoms with Gasteiger partial charge in [0.05, 0.1) is 4.90 Å². The molecule has 0 aliphatic carbocycles. The minimum Gasteiger partial charge on any atom is -0.382 e. The molecule has 0 aliphatic heterocycles. The van der Waals surface area contributed by atoms with Crippen molar-refractivity contribution in [3.8, 4) is 0 Å². The molecule has 0 bridgehead atoms. The Morgan fingerprint density at radius 1 is 1.53 bits per heavy atom. The van der Waals surface area contributed by atoms with Crippen molar-refractivity contribution in [2.75, 3.05) is 17.3 Å². The molecule has 1 aromatic rings. The molecule has 1 rings (SSSR count). The minimum atomic E-state index is 0.542. The highest BCUT2D eigenvalue weighted by Gasteiger charge is 2.13. The van der Waals surface area contributed by atoms with E-state index in [1.54, 1.807) is 11.8 Å². The minimum absolute atomic E-state index is 0.542. The Balaban J connectivity index is 2.69. The quantitative estimate of drug-likeness (QED) is 0.754. The zero-order chi connectivity index (χ0) is 11.3. The third-order valence-corrected chi connectivity index (χ3v) is 4.09. The van der Waals surface area contributed by atoms with E-state index in [1.807, 2.05) is 6.26 Å². The number of thioether (sulfide) groups is 1. The highest BCUT2D eigenvalue weighted by molar-refractivity contribution is 7.99. The molecule has 3 N–H and O–H groups in total. The van der Waals surface area contributed by atoms with Crippen LogP contribution >= 0.6 is 23.3 Å². The lowest BCUT2D eigenvalue weighted by atomic mass is 10.1. The lowest BCUT2D eigenvalue weighted by molar-refractivity contribution is 0.623. The molecule has 0 saturated heterocycles. The lowest BCUT2D eigenvalue weighted by Gasteiger charge is -2.16. The summed E-state index contributed by atoms with van der Waals surface area (Å²) in [5, 5.41) is 4.65. The maximum atomic E-state index is 5.78. The number of aromatic nitrogens is 1. The van der Waals surface area contributed by atoms with E-state index in [0.717, 1.165) is 16.3 Å². The normalized spacial score (nSPS) is 12.7. The van der Waals surface area contributed by atoms with Gasteiger partial charge >= 0.3 is 0 Å². The number of hydrogen-bond donors (Lipinski definition) is 2. The zero-order valence-electron chi connectivity index (χ0n) is 9.54. The Morgan fingerprint density at radius 3 is 2.80 bits per heavy atom. The second kappa shape index (κ2) is 6.23. The molecule has 0 radical (unpaired) electrons. The number of nitrogens with zero attached hydrogens (tertiary/aromatic N) is 1. The van der Waals surface area contributed by atoms with Crippen molar-refractivity contribution in [2.45, 2.75) is 44.0 Å². The van der Waals surface area contributed by atoms with E-state index in [2.05, 4.69) is 23.5 Å². The van der Waals surface area contributed by atoms with Gasteiger partial charge in [-0.15, -0.1) is 11.8 Å². The van der Waals surface area contributed by atoms with Crippen LogP contribution < -0.4 is 11.1 Å². The maximum absolute atomic E-state index is 5.78. The second-order valence-corrected chi connectivity index (χ2v) is 5.06. The molecule has 5 heteroatoms. The number of rotatable bonds is 6. The fourth-order valence-corrected chi connectivity index (χ4v) is 3.10. The van der Waals surface area contributed by atoms with Gasteiger partial charge in [-0.2, -0.15) is 4.37 Å². The number of nitrogen functional groups attached to an aromatic ring is 1. The molecule has 1 atom stereocenters. The van der Waals surface area contributed by atoms with Crippen LogP contribution in [-0.2, 0) is 0 Å². The summed E-state index contributed by atoms with van der Waals surface area (Å²) in [5.74, 6) is 0.654. The molecule has 0 amide bonds. The molecule has 0 aromatic carbocycles. The average Bonchev–Trinajstić information content (AvgIpc) is 2.58. The van der Waals surface area contributed by atoms with E-state index in [4.69, 9.17) is 5.73 Å². The average molecular weight is 245 g/mol. The van der Waals surface area contributed by atoms with Crippen molar-refractivity contribution < 1.29 is 0 Å². The molecular formula is C10H19N3S2. The van der Waals surface area contributed by atoms with Crippen LogP contribution in [0.5, 0.6) is 0 Å². The number of nitrogens with two attached hydrogens (primary N) is 1. The van der Waals surface area contributed by atoms with Crippen LogP contribution in [0, 0.1) is 0 Å². The zero-order valence-corrected chi connectivity index (χ0v) is 11.2. The molecule has 1 unspecified atom stereocenters. The van der Waals surface area contributed by atoms with E-state index in [-0.39, 0.29) is 0 Å². The molecule has 0 fully saturated rings. The van der Waals surface area contributed by atoms with Crippen LogP contribution in [-0.4, -0.2) is 16.7 Å². The predicted molar refractivity (Wildman–Crippen MR) is 70.9 cm³/mol. The van der Waals surface area contributed by atoms with Crippen molar-refractivity contribution in [2.24, 2.45) is 0 Å². The first-order valence-corrected chi connectivity index (χ1v) is 7.28. The van der Waals surface area contributed by atoms with Gasteiger partial charge in [0.2, 0.25) is 0 Å². The fourth-order valence-electron chi connectivity index (χ4n) is 1.50. The molecule has 0 saturated carbocycles. The summed E-state index contributed by atoms with van der Waals surface area (Å²) in [6.45, 7) is 4.41. The molecule has 3 nitrogen and oxygen atoms in total. The molecule has 1 heterocycles. The summed E-state index contributed by atoms with van der Waals surface area (Å²) >= 11 is 3.12. The van der Waals surface area contributed by atoms with Crippen LogP contribution in [0.15, 0.2) is 4.90 Å². The SMILES string of the molecule is CCCC(CC)Nc1snc(N)c1SC. The van der Waals surface area contributed by atoms with Gasteiger partial charge in [-0.3, -0.25) is 0 Å². The van der Waals surface area contributed by atoms with E-state index >= 15 is 0 Å². The maximum Gasteiger partial charge on any atom is 0.153 e. The van der Waals surface area contributed by atoms with Crippen LogP contribution in [0.1, 0.15) is 33.1 Å². The monoisotopic (exact) mass is 245 g/mol. The van der Waals surface area contributed by atoms with Gasteiger partial charge in [-0.25, -0.2) is 0 Å². The smallest absolute Gasteiger partial charge is 0.153 e. The Bertz CT molecular complexity index is 299. The topological polar surface area (TPSA) is 50.9 Å². The molecule has 15 heavy (non-hydrogen) atoms. The molecule has 86 valence electrons. The highest BCUT2D eigenvalue weighted by atomic mass is 32.2. The second-order valence-electron chi connectivity index (χ2n) is 3.47. The van der Waals surface area contributed by atoms with Crippen LogP contribution in [0.4, 0.5) is 10.8 Å². The largest absolute Gasteiger partial charge is 0.382 e. The van der Waals surface area contributed by atoms with E-state index < -0.39 is 0 Å². The van der Waals surface area contributed by atoms with Gasteiger partial charge in [0.25, 0.3) is 0 Å². The van der Waals surface area contributed by atoms with Crippen molar-refractivity contribution in [1.82, 2.24) is 4.37 Å². The Kier molecular flexibility index (Phi) is 5.25. The summed E-state index contributed by atoms with van der Waals surface area (Å²) in [6, 6.07) is 0.542. The van der Waals surface area contributed by atoms with Crippen molar-refractivity contribution in [1.29, 1.82) is 0 Å². The Morgan fingerprint density at radius 2 is 2.27 bits per heavy atom. The van der Waals surface area contributed by atoms with Crippen molar-refractivity contribution >= 4 is 34.1 Å². The van der Waals surface area contributed by atoms with Gasteiger partial charge in [0, 0.05) is 6.04 Å². The van der Waals surface area contributed by atoms with E-state index in [0.29, 0.717) is 11.9 Å². The fraction of sp³-hybridized carbons (Fsp3) is 0.700. The molecule has 1 aromatic heterocycles. The van der Waals surface area contributed by atoms with E-state index in [1.165, 1.54) is 24.4 Å². The van der Waals surface area contributed by atoms with Gasteiger partial charge in [-0.1, -0.05) is 20.3 Å². The third-order valence-electron chi connectivity index (χ3n) is 2.34. The summed E-state index contributed by atoms with van der Waals surface area (Å²) in [4.78, 5) is 1.09. The number of anilines is 2. The lowest BCUT2D eigenvalue weighted by Crippen LogP contribution is -2.17. The van der Waals surface area contributed by atoms with Crippen LogP contribution in [0.25, 0.3) is 0 Å². The molecular weight excluding hydrogens is 226 g/mol. The van der Waals surface area contributed by atoms with Crippen LogP contribution in [0.2, 0.25) is 0 Å². The molecule has 0 aliphatic rings. The van der Waals surface area contributed by atoms with Gasteiger partial charge < -0.3 is 11.1 Å². The first-order valence-electron chi connectivity index (χ1n) is 5.28. The number of hydrogen-bond acceptors (Lipinski definition) is 5. The summed E-state index contributed by atoms with van der Waals surface area (Å²) in [5.41, 5.74) is 5.78. The highest BCUT2D eigenvalue weighted by Crippen LogP contribution is 2.35. The predicted octanol–water partition coefficient (Wildman–Crippen LogP) is 3.44. The van der Waals surface area contributed by atoms with Crippen molar-refractivity contribution in [3.63, 3.8) is 0 Å². The van der Waals surface area contributed by atoms with Crippen molar-refractivity contribution in [3.05, 3.63) is 0 Å². The summed E-state index contributed by atoms with van der Waals surface area (Å²) in [6.07, 6.45) is 5.57. The van der Waals surface area contributed by atoms with Gasteiger partial charge in [0.15, 0.2) is 5.82 Å². The summed E-state index contributed by atoms with van der Waals surface area (Å²) in [7, 11) is 0. The van der Waals surface area contributed by atoms with Gasteiger partial charge in [0.1, 0.15) is 5.00 Å². The standard InChI is InChI=1S/C10H19N3S2/c1-4-6-7(5-2)12-10-8(14-3)9(11)13-15-10/h7,12H,4-6H2,1-3H3,(H2,11,13). The van der Waals surface area contributed by atoms with Crippen LogP contribution in [0.3, 0.4) is 0 Å². The summed E-state index contributed by atoms with van der Waals surface area (Å²) < 4.78 is 4.17. The first kappa shape index (κ1) is 12.6. The van der Waals surface area contributed by atoms with Gasteiger partial charge in [-0.05, 0) is 30.6 Å². The van der Waals surface area contributed by atoms with E-state index in [9.17, 15) is 0 Å². The number of nitrogens with one attached hydrogen (secondary N) is 1. The Hall–Kier alpha value is -0.420. The third kappa shape index (κ3) is 3.28. The molecule has 0 spiro atoms. The first-order chi connectivity index (χ1) is 7.22. The Labute approximate surface area is 100.0 Å².